The molecule has 3 heteroatoms. The highest BCUT2D eigenvalue weighted by molar-refractivity contribution is 14.1. The molecule has 1 aliphatic heterocycles. The molecule has 2 aromatic rings. The van der Waals surface area contributed by atoms with E-state index in [2.05, 4.69) is 78.7 Å². The number of fused-ring (bicyclic) bond motifs is 3. The van der Waals surface area contributed by atoms with E-state index in [1.807, 2.05) is 11.3 Å². The zero-order valence-corrected chi connectivity index (χ0v) is 13.1. The molecule has 1 aromatic heterocycles. The quantitative estimate of drug-likeness (QED) is 0.372. The molecule has 0 N–H and O–H groups in total. The lowest BCUT2D eigenvalue weighted by Gasteiger charge is -2.39. The van der Waals surface area contributed by atoms with Crippen LogP contribution in [0, 0.1) is 0 Å². The van der Waals surface area contributed by atoms with E-state index in [1.165, 1.54) is 26.2 Å². The standard InChI is InChI=1S/C14H14INS/c1-9-8-11-10-6-4-5-7-12(10)17-13(11)14(2,15)16(9)3/h4-8H,1-3H3. The Balaban J connectivity index is 2.39. The molecule has 1 nitrogen and oxygen atoms in total. The van der Waals surface area contributed by atoms with E-state index in [4.69, 9.17) is 0 Å². The summed E-state index contributed by atoms with van der Waals surface area (Å²) in [7, 11) is 2.17. The number of thiophene rings is 1. The average Bonchev–Trinajstić information content (AvgIpc) is 2.67. The van der Waals surface area contributed by atoms with E-state index >= 15 is 0 Å². The monoisotopic (exact) mass is 355 g/mol. The van der Waals surface area contributed by atoms with Gasteiger partial charge in [0.2, 0.25) is 0 Å². The van der Waals surface area contributed by atoms with Crippen LogP contribution in [0.4, 0.5) is 0 Å². The Morgan fingerprint density at radius 3 is 2.76 bits per heavy atom. The highest BCUT2D eigenvalue weighted by Gasteiger charge is 2.35. The maximum Gasteiger partial charge on any atom is 0.124 e. The molecule has 0 spiro atoms. The number of nitrogens with zero attached hydrogens (tertiary/aromatic N) is 1. The minimum absolute atomic E-state index is 0.0651. The first-order valence-electron chi connectivity index (χ1n) is 5.65. The summed E-state index contributed by atoms with van der Waals surface area (Å²) in [5.74, 6) is 0. The van der Waals surface area contributed by atoms with Gasteiger partial charge in [-0.15, -0.1) is 11.3 Å². The Hall–Kier alpha value is -0.550. The van der Waals surface area contributed by atoms with Gasteiger partial charge in [-0.1, -0.05) is 18.2 Å². The molecular formula is C14H14INS. The number of hydrogen-bond donors (Lipinski definition) is 0. The molecule has 0 saturated heterocycles. The first kappa shape index (κ1) is 11.5. The highest BCUT2D eigenvalue weighted by atomic mass is 127. The van der Waals surface area contributed by atoms with Crippen LogP contribution in [0.25, 0.3) is 16.2 Å². The summed E-state index contributed by atoms with van der Waals surface area (Å²) in [5.41, 5.74) is 2.75. The van der Waals surface area contributed by atoms with Gasteiger partial charge < -0.3 is 4.90 Å². The fraction of sp³-hybridized carbons (Fsp3) is 0.286. The van der Waals surface area contributed by atoms with Gasteiger partial charge in [-0.2, -0.15) is 0 Å². The zero-order chi connectivity index (χ0) is 12.2. The molecule has 0 fully saturated rings. The molecule has 0 amide bonds. The van der Waals surface area contributed by atoms with E-state index in [-0.39, 0.29) is 3.55 Å². The summed E-state index contributed by atoms with van der Waals surface area (Å²) in [6.07, 6.45) is 2.31. The van der Waals surface area contributed by atoms with Gasteiger partial charge in [-0.25, -0.2) is 0 Å². The largest absolute Gasteiger partial charge is 0.359 e. The van der Waals surface area contributed by atoms with Gasteiger partial charge in [0.1, 0.15) is 3.55 Å². The minimum atomic E-state index is 0.0651. The first-order valence-corrected chi connectivity index (χ1v) is 7.54. The summed E-state index contributed by atoms with van der Waals surface area (Å²) in [4.78, 5) is 3.82. The first-order chi connectivity index (χ1) is 8.01. The molecule has 1 aliphatic rings. The van der Waals surface area contributed by atoms with Crippen molar-refractivity contribution in [3.05, 3.63) is 40.4 Å². The SMILES string of the molecule is CC1=Cc2c(sc3ccccc23)C(C)(I)N1C. The van der Waals surface area contributed by atoms with Crippen LogP contribution in [0.1, 0.15) is 24.3 Å². The Morgan fingerprint density at radius 1 is 1.29 bits per heavy atom. The van der Waals surface area contributed by atoms with Crippen molar-refractivity contribution < 1.29 is 0 Å². The maximum atomic E-state index is 2.55. The summed E-state index contributed by atoms with van der Waals surface area (Å²) < 4.78 is 1.45. The smallest absolute Gasteiger partial charge is 0.124 e. The minimum Gasteiger partial charge on any atom is -0.359 e. The second-order valence-corrected chi connectivity index (χ2v) is 7.79. The summed E-state index contributed by atoms with van der Waals surface area (Å²) in [6, 6.07) is 8.69. The van der Waals surface area contributed by atoms with Crippen molar-refractivity contribution >= 4 is 50.1 Å². The normalized spacial score (nSPS) is 23.8. The molecule has 1 aromatic carbocycles. The summed E-state index contributed by atoms with van der Waals surface area (Å²) in [5, 5.41) is 1.39. The lowest BCUT2D eigenvalue weighted by molar-refractivity contribution is 0.314. The van der Waals surface area contributed by atoms with E-state index in [0.29, 0.717) is 0 Å². The van der Waals surface area contributed by atoms with Crippen LogP contribution in [-0.2, 0) is 3.55 Å². The fourth-order valence-corrected chi connectivity index (χ4v) is 4.59. The topological polar surface area (TPSA) is 3.24 Å². The average molecular weight is 355 g/mol. The van der Waals surface area contributed by atoms with Crippen molar-refractivity contribution in [2.45, 2.75) is 17.4 Å². The van der Waals surface area contributed by atoms with Gasteiger partial charge in [-0.3, -0.25) is 0 Å². The van der Waals surface area contributed by atoms with Crippen molar-refractivity contribution in [2.75, 3.05) is 7.05 Å². The number of halogens is 1. The molecule has 1 unspecified atom stereocenters. The van der Waals surface area contributed by atoms with E-state index in [1.54, 1.807) is 0 Å². The third kappa shape index (κ3) is 1.55. The number of benzene rings is 1. The lowest BCUT2D eigenvalue weighted by atomic mass is 10.0. The van der Waals surface area contributed by atoms with Crippen molar-refractivity contribution in [3.8, 4) is 0 Å². The van der Waals surface area contributed by atoms with Crippen LogP contribution in [0.3, 0.4) is 0 Å². The third-order valence-electron chi connectivity index (χ3n) is 3.56. The van der Waals surface area contributed by atoms with Gasteiger partial charge in [0.05, 0.1) is 0 Å². The van der Waals surface area contributed by atoms with Crippen LogP contribution < -0.4 is 0 Å². The van der Waals surface area contributed by atoms with Crippen molar-refractivity contribution in [1.82, 2.24) is 4.90 Å². The summed E-state index contributed by atoms with van der Waals surface area (Å²) in [6.45, 7) is 4.48. The van der Waals surface area contributed by atoms with Gasteiger partial charge >= 0.3 is 0 Å². The molecule has 0 radical (unpaired) electrons. The van der Waals surface area contributed by atoms with Crippen LogP contribution >= 0.6 is 33.9 Å². The predicted molar refractivity (Wildman–Crippen MR) is 84.6 cm³/mol. The van der Waals surface area contributed by atoms with Gasteiger partial charge in [0.15, 0.2) is 0 Å². The highest BCUT2D eigenvalue weighted by Crippen LogP contribution is 2.49. The number of alkyl halides is 1. The van der Waals surface area contributed by atoms with Gasteiger partial charge in [0, 0.05) is 33.3 Å². The second kappa shape index (κ2) is 3.72. The van der Waals surface area contributed by atoms with E-state index in [0.717, 1.165) is 0 Å². The van der Waals surface area contributed by atoms with Crippen LogP contribution in [-0.4, -0.2) is 11.9 Å². The maximum absolute atomic E-state index is 2.55. The third-order valence-corrected chi connectivity index (χ3v) is 6.59. The molecule has 0 saturated carbocycles. The Morgan fingerprint density at radius 2 is 2.00 bits per heavy atom. The Labute approximate surface area is 119 Å². The number of hydrogen-bond acceptors (Lipinski definition) is 2. The fourth-order valence-electron chi connectivity index (χ4n) is 2.34. The number of rotatable bonds is 0. The summed E-state index contributed by atoms with van der Waals surface area (Å²) >= 11 is 4.47. The number of allylic oxidation sites excluding steroid dienone is 1. The molecular weight excluding hydrogens is 341 g/mol. The predicted octanol–water partition coefficient (Wildman–Crippen LogP) is 4.82. The molecule has 3 rings (SSSR count). The van der Waals surface area contributed by atoms with Crippen molar-refractivity contribution in [1.29, 1.82) is 0 Å². The lowest BCUT2D eigenvalue weighted by Crippen LogP contribution is -2.36. The van der Waals surface area contributed by atoms with Crippen molar-refractivity contribution in [3.63, 3.8) is 0 Å². The molecule has 0 aliphatic carbocycles. The second-order valence-electron chi connectivity index (χ2n) is 4.64. The molecule has 2 heterocycles. The Bertz CT molecular complexity index is 624. The van der Waals surface area contributed by atoms with Crippen molar-refractivity contribution in [2.24, 2.45) is 0 Å². The molecule has 1 atom stereocenters. The van der Waals surface area contributed by atoms with E-state index < -0.39 is 0 Å². The van der Waals surface area contributed by atoms with Crippen LogP contribution in [0.5, 0.6) is 0 Å². The molecule has 88 valence electrons. The van der Waals surface area contributed by atoms with Crippen LogP contribution in [0.15, 0.2) is 30.0 Å². The Kier molecular flexibility index (Phi) is 2.52. The van der Waals surface area contributed by atoms with Crippen LogP contribution in [0.2, 0.25) is 0 Å². The molecule has 17 heavy (non-hydrogen) atoms. The van der Waals surface area contributed by atoms with E-state index in [9.17, 15) is 0 Å². The zero-order valence-electron chi connectivity index (χ0n) is 10.1. The van der Waals surface area contributed by atoms with Gasteiger partial charge in [-0.05, 0) is 48.6 Å². The molecule has 0 bridgehead atoms. The van der Waals surface area contributed by atoms with Gasteiger partial charge in [0.25, 0.3) is 0 Å².